The summed E-state index contributed by atoms with van der Waals surface area (Å²) in [4.78, 5) is 23.0. The predicted octanol–water partition coefficient (Wildman–Crippen LogP) is 3.92. The fraction of sp³-hybridized carbons (Fsp3) is 0.150. The summed E-state index contributed by atoms with van der Waals surface area (Å²) < 4.78 is 12.1. The van der Waals surface area contributed by atoms with Crippen molar-refractivity contribution in [3.63, 3.8) is 0 Å². The lowest BCUT2D eigenvalue weighted by Crippen LogP contribution is -2.15. The minimum absolute atomic E-state index is 0.112. The van der Waals surface area contributed by atoms with Crippen LogP contribution < -0.4 is 4.74 Å². The van der Waals surface area contributed by atoms with Gasteiger partial charge in [-0.25, -0.2) is 4.68 Å². The average molecular weight is 392 g/mol. The molecule has 0 aliphatic heterocycles. The molecule has 0 saturated heterocycles. The number of non-ortho nitro benzene ring substituents is 1. The monoisotopic (exact) mass is 392 g/mol. The molecule has 0 aliphatic rings. The minimum Gasteiger partial charge on any atom is -0.496 e. The van der Waals surface area contributed by atoms with Crippen LogP contribution >= 0.6 is 0 Å². The fourth-order valence-electron chi connectivity index (χ4n) is 2.80. The first-order valence-corrected chi connectivity index (χ1v) is 8.46. The lowest BCUT2D eigenvalue weighted by Gasteiger charge is -2.05. The molecular formula is C20H16N4O5. The van der Waals surface area contributed by atoms with Gasteiger partial charge in [-0.2, -0.15) is 10.4 Å². The Kier molecular flexibility index (Phi) is 5.27. The number of nitro groups is 1. The van der Waals surface area contributed by atoms with E-state index in [0.29, 0.717) is 22.7 Å². The van der Waals surface area contributed by atoms with Crippen LogP contribution in [0.4, 0.5) is 5.69 Å². The fourth-order valence-corrected chi connectivity index (χ4v) is 2.80. The van der Waals surface area contributed by atoms with Crippen LogP contribution in [0.1, 0.15) is 21.9 Å². The minimum atomic E-state index is -0.566. The second kappa shape index (κ2) is 7.82. The molecular weight excluding hydrogens is 376 g/mol. The Morgan fingerprint density at radius 2 is 2.07 bits per heavy atom. The maximum absolute atomic E-state index is 12.6. The van der Waals surface area contributed by atoms with Crippen LogP contribution in [-0.2, 0) is 0 Å². The van der Waals surface area contributed by atoms with Gasteiger partial charge in [-0.3, -0.25) is 14.9 Å². The van der Waals surface area contributed by atoms with E-state index in [0.717, 1.165) is 4.68 Å². The third kappa shape index (κ3) is 3.91. The van der Waals surface area contributed by atoms with E-state index in [4.69, 9.17) is 9.15 Å². The summed E-state index contributed by atoms with van der Waals surface area (Å²) in [5, 5.41) is 24.4. The highest BCUT2D eigenvalue weighted by atomic mass is 16.6. The Hall–Kier alpha value is -4.19. The van der Waals surface area contributed by atoms with E-state index in [1.54, 1.807) is 32.0 Å². The first kappa shape index (κ1) is 19.6. The Balaban J connectivity index is 1.95. The number of furan rings is 1. The number of aromatic nitrogens is 2. The van der Waals surface area contributed by atoms with Gasteiger partial charge in [-0.1, -0.05) is 0 Å². The van der Waals surface area contributed by atoms with Crippen molar-refractivity contribution in [1.29, 1.82) is 5.26 Å². The summed E-state index contributed by atoms with van der Waals surface area (Å²) in [5.41, 5.74) is 1.52. The van der Waals surface area contributed by atoms with E-state index in [2.05, 4.69) is 5.10 Å². The number of nitriles is 1. The van der Waals surface area contributed by atoms with Crippen LogP contribution in [0.5, 0.6) is 5.75 Å². The first-order valence-electron chi connectivity index (χ1n) is 8.46. The second-order valence-corrected chi connectivity index (χ2v) is 6.16. The van der Waals surface area contributed by atoms with Gasteiger partial charge in [0.1, 0.15) is 28.9 Å². The van der Waals surface area contributed by atoms with Gasteiger partial charge < -0.3 is 9.15 Å². The zero-order valence-corrected chi connectivity index (χ0v) is 15.9. The standard InChI is InChI=1S/C20H16N4O5/c1-12-8-13(2)23(22-12)20(25)14(11-21)9-16-5-7-18(29-16)17-6-4-15(24(26)27)10-19(17)28-3/h4-10H,1-3H3/b14-9+. The molecule has 0 bridgehead atoms. The number of carbonyl (C=O) groups excluding carboxylic acids is 1. The molecule has 0 radical (unpaired) electrons. The molecule has 29 heavy (non-hydrogen) atoms. The summed E-state index contributed by atoms with van der Waals surface area (Å²) in [6.07, 6.45) is 1.32. The largest absolute Gasteiger partial charge is 0.496 e. The average Bonchev–Trinajstić information content (AvgIpc) is 3.30. The Bertz CT molecular complexity index is 1180. The van der Waals surface area contributed by atoms with Crippen molar-refractivity contribution < 1.29 is 18.9 Å². The quantitative estimate of drug-likeness (QED) is 0.279. The van der Waals surface area contributed by atoms with E-state index < -0.39 is 10.8 Å². The summed E-state index contributed by atoms with van der Waals surface area (Å²) in [5.74, 6) is 0.345. The third-order valence-electron chi connectivity index (χ3n) is 4.13. The van der Waals surface area contributed by atoms with E-state index in [1.807, 2.05) is 6.07 Å². The number of rotatable bonds is 5. The topological polar surface area (TPSA) is 124 Å². The molecule has 0 atom stereocenters. The van der Waals surface area contributed by atoms with Gasteiger partial charge in [-0.15, -0.1) is 0 Å². The smallest absolute Gasteiger partial charge is 0.289 e. The SMILES string of the molecule is COc1cc([N+](=O)[O-])ccc1-c1ccc(/C=C(\C#N)C(=O)n2nc(C)cc2C)o1. The zero-order chi connectivity index (χ0) is 21.1. The van der Waals surface area contributed by atoms with Crippen molar-refractivity contribution in [3.8, 4) is 23.1 Å². The number of carbonyl (C=O) groups is 1. The number of allylic oxidation sites excluding steroid dienone is 1. The lowest BCUT2D eigenvalue weighted by molar-refractivity contribution is -0.384. The molecule has 0 fully saturated rings. The summed E-state index contributed by atoms with van der Waals surface area (Å²) in [6.45, 7) is 3.47. The molecule has 2 heterocycles. The normalized spacial score (nSPS) is 11.2. The highest BCUT2D eigenvalue weighted by molar-refractivity contribution is 6.02. The molecule has 3 rings (SSSR count). The highest BCUT2D eigenvalue weighted by Crippen LogP contribution is 2.34. The summed E-state index contributed by atoms with van der Waals surface area (Å²) >= 11 is 0. The molecule has 2 aromatic heterocycles. The molecule has 9 heteroatoms. The number of methoxy groups -OCH3 is 1. The van der Waals surface area contributed by atoms with Gasteiger partial charge in [0.25, 0.3) is 11.6 Å². The van der Waals surface area contributed by atoms with E-state index in [1.165, 1.54) is 31.4 Å². The molecule has 9 nitrogen and oxygen atoms in total. The van der Waals surface area contributed by atoms with Crippen LogP contribution in [0.2, 0.25) is 0 Å². The third-order valence-corrected chi connectivity index (χ3v) is 4.13. The molecule has 0 aliphatic carbocycles. The van der Waals surface area contributed by atoms with Gasteiger partial charge in [0.05, 0.1) is 29.4 Å². The zero-order valence-electron chi connectivity index (χ0n) is 15.9. The molecule has 3 aromatic rings. The molecule has 0 spiro atoms. The van der Waals surface area contributed by atoms with E-state index in [9.17, 15) is 20.2 Å². The van der Waals surface area contributed by atoms with Crippen LogP contribution in [0.15, 0.2) is 46.4 Å². The van der Waals surface area contributed by atoms with Gasteiger partial charge >= 0.3 is 0 Å². The number of nitrogens with zero attached hydrogens (tertiary/aromatic N) is 4. The summed E-state index contributed by atoms with van der Waals surface area (Å²) in [7, 11) is 1.40. The molecule has 146 valence electrons. The molecule has 0 amide bonds. The van der Waals surface area contributed by atoms with Gasteiger partial charge in [0, 0.05) is 17.8 Å². The van der Waals surface area contributed by atoms with Crippen molar-refractivity contribution in [2.24, 2.45) is 0 Å². The van der Waals surface area contributed by atoms with Crippen molar-refractivity contribution in [2.75, 3.05) is 7.11 Å². The molecule has 0 N–H and O–H groups in total. The maximum Gasteiger partial charge on any atom is 0.289 e. The summed E-state index contributed by atoms with van der Waals surface area (Å²) in [6, 6.07) is 10.9. The van der Waals surface area contributed by atoms with Crippen molar-refractivity contribution in [3.05, 3.63) is 69.2 Å². The number of hydrogen-bond acceptors (Lipinski definition) is 7. The van der Waals surface area contributed by atoms with Crippen molar-refractivity contribution in [2.45, 2.75) is 13.8 Å². The maximum atomic E-state index is 12.6. The number of benzene rings is 1. The van der Waals surface area contributed by atoms with E-state index in [-0.39, 0.29) is 22.8 Å². The van der Waals surface area contributed by atoms with E-state index >= 15 is 0 Å². The van der Waals surface area contributed by atoms with Gasteiger partial charge in [0.2, 0.25) is 0 Å². The van der Waals surface area contributed by atoms with Crippen molar-refractivity contribution >= 4 is 17.7 Å². The number of hydrogen-bond donors (Lipinski definition) is 0. The van der Waals surface area contributed by atoms with Crippen molar-refractivity contribution in [1.82, 2.24) is 9.78 Å². The Labute approximate surface area is 165 Å². The second-order valence-electron chi connectivity index (χ2n) is 6.16. The Morgan fingerprint density at radius 1 is 1.31 bits per heavy atom. The molecule has 0 unspecified atom stereocenters. The van der Waals surface area contributed by atoms with Crippen LogP contribution in [0, 0.1) is 35.3 Å². The number of ether oxygens (including phenoxy) is 1. The van der Waals surface area contributed by atoms with Gasteiger partial charge in [0.15, 0.2) is 0 Å². The van der Waals surface area contributed by atoms with Crippen LogP contribution in [0.3, 0.4) is 0 Å². The predicted molar refractivity (Wildman–Crippen MR) is 103 cm³/mol. The number of nitro benzene ring substituents is 1. The molecule has 1 aromatic carbocycles. The highest BCUT2D eigenvalue weighted by Gasteiger charge is 2.18. The molecule has 0 saturated carbocycles. The van der Waals surface area contributed by atoms with Crippen LogP contribution in [0.25, 0.3) is 17.4 Å². The number of aryl methyl sites for hydroxylation is 2. The van der Waals surface area contributed by atoms with Crippen LogP contribution in [-0.4, -0.2) is 27.7 Å². The lowest BCUT2D eigenvalue weighted by atomic mass is 10.1. The first-order chi connectivity index (χ1) is 13.8. The Morgan fingerprint density at radius 3 is 2.66 bits per heavy atom. The van der Waals surface area contributed by atoms with Gasteiger partial charge in [-0.05, 0) is 38.1 Å².